The summed E-state index contributed by atoms with van der Waals surface area (Å²) in [4.78, 5) is 13.2. The molecule has 19 heavy (non-hydrogen) atoms. The highest BCUT2D eigenvalue weighted by molar-refractivity contribution is 7.12. The Hall–Kier alpha value is -1.21. The molecule has 4 nitrogen and oxygen atoms in total. The van der Waals surface area contributed by atoms with Crippen LogP contribution in [0.5, 0.6) is 0 Å². The van der Waals surface area contributed by atoms with Crippen molar-refractivity contribution in [2.24, 2.45) is 0 Å². The third kappa shape index (κ3) is 3.87. The molecule has 0 fully saturated rings. The van der Waals surface area contributed by atoms with Gasteiger partial charge in [0, 0.05) is 16.9 Å². The van der Waals surface area contributed by atoms with Gasteiger partial charge in [-0.05, 0) is 34.5 Å². The van der Waals surface area contributed by atoms with Gasteiger partial charge in [-0.15, -0.1) is 11.3 Å². The Balaban J connectivity index is 1.94. The molecule has 1 amide bonds. The molecule has 0 aromatic carbocycles. The second kappa shape index (κ2) is 6.81. The average Bonchev–Trinajstić information content (AvgIpc) is 3.07. The summed E-state index contributed by atoms with van der Waals surface area (Å²) in [6.45, 7) is 0.527. The second-order valence-electron chi connectivity index (χ2n) is 3.97. The summed E-state index contributed by atoms with van der Waals surface area (Å²) in [6.07, 6.45) is -0.584. The van der Waals surface area contributed by atoms with Gasteiger partial charge in [-0.25, -0.2) is 0 Å². The maximum Gasteiger partial charge on any atom is 0.246 e. The molecule has 2 heterocycles. The van der Waals surface area contributed by atoms with Crippen molar-refractivity contribution in [3.05, 3.63) is 44.3 Å². The van der Waals surface area contributed by atoms with Gasteiger partial charge in [0.15, 0.2) is 0 Å². The lowest BCUT2D eigenvalue weighted by atomic mass is 10.2. The predicted octanol–water partition coefficient (Wildman–Crippen LogP) is 2.15. The largest absolute Gasteiger partial charge is 0.383 e. The van der Waals surface area contributed by atoms with Crippen LogP contribution in [-0.2, 0) is 16.1 Å². The van der Waals surface area contributed by atoms with E-state index < -0.39 is 6.10 Å². The first-order chi connectivity index (χ1) is 9.20. The number of amides is 1. The Morgan fingerprint density at radius 3 is 3.00 bits per heavy atom. The van der Waals surface area contributed by atoms with E-state index in [2.05, 4.69) is 5.32 Å². The zero-order chi connectivity index (χ0) is 13.7. The van der Waals surface area contributed by atoms with Crippen LogP contribution in [-0.4, -0.2) is 24.7 Å². The highest BCUT2D eigenvalue weighted by Crippen LogP contribution is 2.29. The van der Waals surface area contributed by atoms with Crippen LogP contribution in [0.1, 0.15) is 21.4 Å². The minimum absolute atomic E-state index is 0.0652. The van der Waals surface area contributed by atoms with Crippen molar-refractivity contribution in [2.75, 3.05) is 13.7 Å². The summed E-state index contributed by atoms with van der Waals surface area (Å²) < 4.78 is 4.74. The molecule has 1 unspecified atom stereocenters. The number of thiophene rings is 2. The first-order valence-corrected chi connectivity index (χ1v) is 7.51. The van der Waals surface area contributed by atoms with Crippen LogP contribution in [0.2, 0.25) is 0 Å². The molecule has 2 aromatic rings. The van der Waals surface area contributed by atoms with Crippen LogP contribution in [0.4, 0.5) is 0 Å². The van der Waals surface area contributed by atoms with Crippen LogP contribution in [0.3, 0.4) is 0 Å². The van der Waals surface area contributed by atoms with Crippen molar-refractivity contribution in [1.82, 2.24) is 5.32 Å². The van der Waals surface area contributed by atoms with Gasteiger partial charge in [-0.1, -0.05) is 0 Å². The first-order valence-electron chi connectivity index (χ1n) is 5.75. The number of carbonyl (C=O) groups excluding carboxylic acids is 1. The van der Waals surface area contributed by atoms with Crippen LogP contribution < -0.4 is 5.32 Å². The van der Waals surface area contributed by atoms with Gasteiger partial charge < -0.3 is 15.2 Å². The number of nitrogens with one attached hydrogen (secondary N) is 1. The average molecular weight is 297 g/mol. The molecule has 6 heteroatoms. The highest BCUT2D eigenvalue weighted by Gasteiger charge is 2.13. The van der Waals surface area contributed by atoms with Crippen LogP contribution in [0, 0.1) is 0 Å². The Morgan fingerprint density at radius 2 is 2.32 bits per heavy atom. The second-order valence-corrected chi connectivity index (χ2v) is 5.95. The molecular weight excluding hydrogens is 282 g/mol. The third-order valence-electron chi connectivity index (χ3n) is 2.55. The summed E-state index contributed by atoms with van der Waals surface area (Å²) >= 11 is 3.06. The summed E-state index contributed by atoms with van der Waals surface area (Å²) in [5.41, 5.74) is 0.904. The quantitative estimate of drug-likeness (QED) is 0.859. The van der Waals surface area contributed by atoms with E-state index in [0.29, 0.717) is 6.54 Å². The van der Waals surface area contributed by atoms with E-state index in [1.54, 1.807) is 11.3 Å². The molecule has 1 atom stereocenters. The highest BCUT2D eigenvalue weighted by atomic mass is 32.1. The van der Waals surface area contributed by atoms with Crippen LogP contribution in [0.15, 0.2) is 29.0 Å². The van der Waals surface area contributed by atoms with Crippen molar-refractivity contribution in [3.63, 3.8) is 0 Å². The molecule has 2 N–H and O–H groups in total. The summed E-state index contributed by atoms with van der Waals surface area (Å²) in [6, 6.07) is 5.72. The van der Waals surface area contributed by atoms with E-state index in [-0.39, 0.29) is 12.5 Å². The van der Waals surface area contributed by atoms with E-state index in [9.17, 15) is 9.90 Å². The predicted molar refractivity (Wildman–Crippen MR) is 76.4 cm³/mol. The minimum atomic E-state index is -0.584. The SMILES string of the molecule is COCC(=O)NCc1ccc(C(O)c2ccsc2)s1. The van der Waals surface area contributed by atoms with Gasteiger partial charge in [0.25, 0.3) is 0 Å². The zero-order valence-corrected chi connectivity index (χ0v) is 12.1. The Labute approximate surface area is 119 Å². The molecule has 0 radical (unpaired) electrons. The fraction of sp³-hybridized carbons (Fsp3) is 0.308. The van der Waals surface area contributed by atoms with Crippen molar-refractivity contribution in [1.29, 1.82) is 0 Å². The van der Waals surface area contributed by atoms with E-state index in [1.807, 2.05) is 29.0 Å². The molecule has 102 valence electrons. The topological polar surface area (TPSA) is 58.6 Å². The molecule has 0 aliphatic carbocycles. The molecule has 0 saturated carbocycles. The fourth-order valence-corrected chi connectivity index (χ4v) is 3.24. The molecule has 0 spiro atoms. The molecule has 2 aromatic heterocycles. The van der Waals surface area contributed by atoms with Crippen molar-refractivity contribution >= 4 is 28.6 Å². The van der Waals surface area contributed by atoms with Gasteiger partial charge in [0.2, 0.25) is 5.91 Å². The summed E-state index contributed by atoms with van der Waals surface area (Å²) in [5.74, 6) is -0.143. The van der Waals surface area contributed by atoms with Crippen molar-refractivity contribution in [2.45, 2.75) is 12.6 Å². The standard InChI is InChI=1S/C13H15NO3S2/c1-17-7-12(15)14-6-10-2-3-11(19-10)13(16)9-4-5-18-8-9/h2-5,8,13,16H,6-7H2,1H3,(H,14,15). The molecule has 0 aliphatic heterocycles. The number of rotatable bonds is 6. The summed E-state index contributed by atoms with van der Waals surface area (Å²) in [5, 5.41) is 16.8. The molecule has 0 aliphatic rings. The number of methoxy groups -OCH3 is 1. The Morgan fingerprint density at radius 1 is 1.47 bits per heavy atom. The van der Waals surface area contributed by atoms with E-state index in [4.69, 9.17) is 4.74 Å². The van der Waals surface area contributed by atoms with Gasteiger partial charge >= 0.3 is 0 Å². The first kappa shape index (κ1) is 14.2. The molecule has 2 rings (SSSR count). The maximum atomic E-state index is 11.3. The fourth-order valence-electron chi connectivity index (χ4n) is 1.60. The lowest BCUT2D eigenvalue weighted by Crippen LogP contribution is -2.26. The van der Waals surface area contributed by atoms with Gasteiger partial charge in [0.05, 0.1) is 6.54 Å². The number of hydrogen-bond acceptors (Lipinski definition) is 5. The van der Waals surface area contributed by atoms with Gasteiger partial charge in [0.1, 0.15) is 12.7 Å². The number of aliphatic hydroxyl groups is 1. The van der Waals surface area contributed by atoms with E-state index >= 15 is 0 Å². The third-order valence-corrected chi connectivity index (χ3v) is 4.39. The molecular formula is C13H15NO3S2. The number of hydrogen-bond donors (Lipinski definition) is 2. The lowest BCUT2D eigenvalue weighted by molar-refractivity contribution is -0.124. The normalized spacial score (nSPS) is 12.3. The van der Waals surface area contributed by atoms with Crippen molar-refractivity contribution in [3.8, 4) is 0 Å². The number of aliphatic hydroxyl groups excluding tert-OH is 1. The minimum Gasteiger partial charge on any atom is -0.383 e. The number of ether oxygens (including phenoxy) is 1. The molecule has 0 bridgehead atoms. The van der Waals surface area contributed by atoms with E-state index in [0.717, 1.165) is 15.3 Å². The van der Waals surface area contributed by atoms with Crippen molar-refractivity contribution < 1.29 is 14.6 Å². The number of carbonyl (C=O) groups is 1. The lowest BCUT2D eigenvalue weighted by Gasteiger charge is -2.05. The molecule has 0 saturated heterocycles. The Kier molecular flexibility index (Phi) is 5.09. The monoisotopic (exact) mass is 297 g/mol. The van der Waals surface area contributed by atoms with Crippen LogP contribution >= 0.6 is 22.7 Å². The summed E-state index contributed by atoms with van der Waals surface area (Å²) in [7, 11) is 1.49. The van der Waals surface area contributed by atoms with Gasteiger partial charge in [-0.2, -0.15) is 11.3 Å². The smallest absolute Gasteiger partial charge is 0.246 e. The van der Waals surface area contributed by atoms with E-state index in [1.165, 1.54) is 18.4 Å². The van der Waals surface area contributed by atoms with Crippen LogP contribution in [0.25, 0.3) is 0 Å². The Bertz CT molecular complexity index is 522. The van der Waals surface area contributed by atoms with Gasteiger partial charge in [-0.3, -0.25) is 4.79 Å². The zero-order valence-electron chi connectivity index (χ0n) is 10.5. The maximum absolute atomic E-state index is 11.3.